The lowest BCUT2D eigenvalue weighted by Gasteiger charge is -2.27. The predicted molar refractivity (Wildman–Crippen MR) is 341 cm³/mol. The van der Waals surface area contributed by atoms with Crippen LogP contribution < -0.4 is 5.32 Å². The van der Waals surface area contributed by atoms with Gasteiger partial charge in [0.1, 0.15) is 19.3 Å². The lowest BCUT2D eigenvalue weighted by Crippen LogP contribution is -2.47. The highest BCUT2D eigenvalue weighted by Crippen LogP contribution is 2.43. The Kier molecular flexibility index (Phi) is 55.9. The lowest BCUT2D eigenvalue weighted by molar-refractivity contribution is -0.870. The summed E-state index contributed by atoms with van der Waals surface area (Å²) in [6.45, 7) is 6.93. The monoisotopic (exact) mass is 1120 g/mol. The summed E-state index contributed by atoms with van der Waals surface area (Å²) in [7, 11) is 1.47. The van der Waals surface area contributed by atoms with E-state index < -0.39 is 20.0 Å². The maximum absolute atomic E-state index is 13.5. The first kappa shape index (κ1) is 75.9. The normalized spacial score (nSPS) is 14.3. The zero-order valence-electron chi connectivity index (χ0n) is 52.1. The summed E-state index contributed by atoms with van der Waals surface area (Å²) in [6.07, 6.45) is 78.3. The smallest absolute Gasteiger partial charge is 0.456 e. The quantitative estimate of drug-likeness (QED) is 0.0205. The first-order chi connectivity index (χ1) is 38.4. The molecule has 456 valence electrons. The van der Waals surface area contributed by atoms with Crippen LogP contribution in [0.5, 0.6) is 0 Å². The number of nitrogens with zero attached hydrogens (tertiary/aromatic N) is 1. The maximum atomic E-state index is 13.5. The molecule has 10 heteroatoms. The number of unbranched alkanes of at least 4 members (excludes halogenated alkanes) is 28. The Morgan fingerprint density at radius 2 is 0.772 bits per heavy atom. The highest BCUT2D eigenvalue weighted by atomic mass is 31.2. The molecular formula is C69H124N2O7P+. The van der Waals surface area contributed by atoms with Crippen LogP contribution in [-0.2, 0) is 27.9 Å². The molecule has 79 heavy (non-hydrogen) atoms. The van der Waals surface area contributed by atoms with E-state index in [4.69, 9.17) is 13.8 Å². The van der Waals surface area contributed by atoms with Gasteiger partial charge in [0.25, 0.3) is 0 Å². The zero-order chi connectivity index (χ0) is 57.9. The number of hydrogen-bond donors (Lipinski definition) is 2. The van der Waals surface area contributed by atoms with Gasteiger partial charge in [0.15, 0.2) is 0 Å². The topological polar surface area (TPSA) is 111 Å². The van der Waals surface area contributed by atoms with E-state index in [-0.39, 0.29) is 31.5 Å². The van der Waals surface area contributed by atoms with Gasteiger partial charge in [-0.1, -0.05) is 247 Å². The molecule has 2 N–H and O–H groups in total. The number of rotatable bonds is 58. The zero-order valence-corrected chi connectivity index (χ0v) is 53.0. The number of likely N-dealkylation sites (N-methyl/N-ethyl adjacent to an activating group) is 1. The third-order valence-electron chi connectivity index (χ3n) is 14.0. The Hall–Kier alpha value is -3.07. The highest BCUT2D eigenvalue weighted by Gasteiger charge is 2.30. The fourth-order valence-corrected chi connectivity index (χ4v) is 9.67. The number of nitrogens with one attached hydrogen (secondary N) is 1. The largest absolute Gasteiger partial charge is 0.472 e. The van der Waals surface area contributed by atoms with Crippen molar-refractivity contribution in [2.75, 3.05) is 40.9 Å². The van der Waals surface area contributed by atoms with Gasteiger partial charge in [0, 0.05) is 12.8 Å². The van der Waals surface area contributed by atoms with Crippen molar-refractivity contribution in [2.45, 2.75) is 290 Å². The first-order valence-electron chi connectivity index (χ1n) is 32.6. The minimum absolute atomic E-state index is 0.0304. The fourth-order valence-electron chi connectivity index (χ4n) is 8.93. The van der Waals surface area contributed by atoms with Crippen molar-refractivity contribution in [1.29, 1.82) is 0 Å². The van der Waals surface area contributed by atoms with Gasteiger partial charge in [0.05, 0.1) is 33.8 Å². The number of amides is 1. The number of allylic oxidation sites excluding steroid dienone is 15. The summed E-state index contributed by atoms with van der Waals surface area (Å²) in [4.78, 5) is 37.7. The average molecular weight is 1120 g/mol. The van der Waals surface area contributed by atoms with E-state index in [2.05, 4.69) is 111 Å². The molecule has 0 bridgehead atoms. The van der Waals surface area contributed by atoms with E-state index >= 15 is 0 Å². The summed E-state index contributed by atoms with van der Waals surface area (Å²) in [5.41, 5.74) is 0. The summed E-state index contributed by atoms with van der Waals surface area (Å²) in [5.74, 6) is -0.539. The molecule has 0 rings (SSSR count). The van der Waals surface area contributed by atoms with Crippen molar-refractivity contribution in [3.05, 3.63) is 97.2 Å². The van der Waals surface area contributed by atoms with Crippen LogP contribution in [0.25, 0.3) is 0 Å². The number of ether oxygens (including phenoxy) is 1. The molecule has 0 aliphatic rings. The molecule has 0 aliphatic carbocycles. The van der Waals surface area contributed by atoms with Crippen molar-refractivity contribution in [1.82, 2.24) is 5.32 Å². The third-order valence-corrected chi connectivity index (χ3v) is 15.0. The lowest BCUT2D eigenvalue weighted by atomic mass is 10.1. The third kappa shape index (κ3) is 59.4. The summed E-state index contributed by atoms with van der Waals surface area (Å²) < 4.78 is 30.7. The molecule has 0 saturated carbocycles. The Bertz CT molecular complexity index is 1670. The second-order valence-electron chi connectivity index (χ2n) is 22.9. The van der Waals surface area contributed by atoms with Crippen LogP contribution >= 0.6 is 7.82 Å². The number of carbonyl (C=O) groups is 2. The van der Waals surface area contributed by atoms with Gasteiger partial charge in [-0.25, -0.2) is 4.57 Å². The van der Waals surface area contributed by atoms with E-state index in [0.717, 1.165) is 116 Å². The van der Waals surface area contributed by atoms with Crippen LogP contribution in [-0.4, -0.2) is 74.3 Å². The molecule has 0 heterocycles. The number of esters is 1. The molecule has 9 nitrogen and oxygen atoms in total. The van der Waals surface area contributed by atoms with Crippen molar-refractivity contribution in [3.8, 4) is 0 Å². The van der Waals surface area contributed by atoms with Gasteiger partial charge >= 0.3 is 13.8 Å². The molecule has 0 aromatic heterocycles. The Morgan fingerprint density at radius 1 is 0.443 bits per heavy atom. The Balaban J connectivity index is 5.17. The molecule has 3 atom stereocenters. The van der Waals surface area contributed by atoms with Crippen molar-refractivity contribution in [2.24, 2.45) is 0 Å². The van der Waals surface area contributed by atoms with Gasteiger partial charge in [-0.3, -0.25) is 18.6 Å². The number of phosphoric ester groups is 1. The van der Waals surface area contributed by atoms with Crippen LogP contribution in [0.15, 0.2) is 97.2 Å². The van der Waals surface area contributed by atoms with E-state index in [0.29, 0.717) is 17.4 Å². The molecule has 0 spiro atoms. The van der Waals surface area contributed by atoms with E-state index in [1.807, 2.05) is 33.3 Å². The van der Waals surface area contributed by atoms with Crippen LogP contribution in [0.2, 0.25) is 0 Å². The van der Waals surface area contributed by atoms with E-state index in [9.17, 15) is 19.0 Å². The fraction of sp³-hybridized carbons (Fsp3) is 0.739. The maximum Gasteiger partial charge on any atom is 0.472 e. The number of hydrogen-bond acceptors (Lipinski definition) is 6. The van der Waals surface area contributed by atoms with Gasteiger partial charge in [-0.05, 0) is 115 Å². The number of carbonyl (C=O) groups excluding carboxylic acids is 2. The highest BCUT2D eigenvalue weighted by molar-refractivity contribution is 7.47. The van der Waals surface area contributed by atoms with E-state index in [1.54, 1.807) is 0 Å². The number of phosphoric acid groups is 1. The molecule has 0 aliphatic heterocycles. The Morgan fingerprint density at radius 3 is 1.18 bits per heavy atom. The average Bonchev–Trinajstić information content (AvgIpc) is 3.41. The van der Waals surface area contributed by atoms with Crippen LogP contribution in [0.4, 0.5) is 0 Å². The molecule has 3 unspecified atom stereocenters. The molecule has 0 saturated heterocycles. The minimum atomic E-state index is -4.46. The Labute approximate surface area is 488 Å². The first-order valence-corrected chi connectivity index (χ1v) is 34.1. The van der Waals surface area contributed by atoms with Crippen LogP contribution in [0, 0.1) is 0 Å². The molecule has 0 aromatic rings. The standard InChI is InChI=1S/C69H123N2O7P/c1-7-10-13-16-19-22-25-27-29-31-32-33-34-35-36-37-38-40-42-44-47-50-53-56-59-62-69(73)78-67(60-57-54-51-48-45-24-21-18-15-12-9-3)66(65-77-79(74,75)76-64-63-71(4,5)6)70-68(72)61-58-55-52-49-46-43-41-39-30-28-26-23-20-17-14-11-8-2/h19-20,22-23,27-30,32-33,35-36,41,43,57,60,66-67H,7-18,21,24-26,31,34,37-40,42,44-56,58-59,61-65H2,1-6H3,(H-,70,72,74,75)/p+1/b22-19-,23-20-,29-27-,30-28-,33-32-,36-35-,43-41-,60-57-. The van der Waals surface area contributed by atoms with Gasteiger partial charge in [-0.2, -0.15) is 0 Å². The molecule has 0 radical (unpaired) electrons. The second-order valence-corrected chi connectivity index (χ2v) is 24.4. The number of quaternary nitrogens is 1. The summed E-state index contributed by atoms with van der Waals surface area (Å²) in [6, 6.07) is -0.868. The van der Waals surface area contributed by atoms with Crippen LogP contribution in [0.1, 0.15) is 278 Å². The molecule has 0 aromatic carbocycles. The van der Waals surface area contributed by atoms with E-state index in [1.165, 1.54) is 128 Å². The van der Waals surface area contributed by atoms with Gasteiger partial charge in [0.2, 0.25) is 5.91 Å². The van der Waals surface area contributed by atoms with Crippen molar-refractivity contribution < 1.29 is 37.3 Å². The second kappa shape index (κ2) is 58.1. The molecule has 0 fully saturated rings. The predicted octanol–water partition coefficient (Wildman–Crippen LogP) is 20.3. The van der Waals surface area contributed by atoms with Crippen molar-refractivity contribution >= 4 is 19.7 Å². The molecule has 1 amide bonds. The van der Waals surface area contributed by atoms with Crippen molar-refractivity contribution in [3.63, 3.8) is 0 Å². The molecular weight excluding hydrogens is 1000 g/mol. The SMILES string of the molecule is CCCCC/C=C\C/C=C\C/C=C\C/C=C\CCCCCCCCCCCC(=O)OC(/C=C\CCCCCCCCCCC)C(COP(=O)(O)OCC[N+](C)(C)C)NC(=O)CCCCCC/C=C\C/C=C\C/C=C\CCCCC. The summed E-state index contributed by atoms with van der Waals surface area (Å²) >= 11 is 0. The van der Waals surface area contributed by atoms with Gasteiger partial charge in [-0.15, -0.1) is 0 Å². The minimum Gasteiger partial charge on any atom is -0.456 e. The van der Waals surface area contributed by atoms with Gasteiger partial charge < -0.3 is 19.4 Å². The van der Waals surface area contributed by atoms with Crippen LogP contribution in [0.3, 0.4) is 0 Å². The summed E-state index contributed by atoms with van der Waals surface area (Å²) in [5, 5.41) is 3.04.